The monoisotopic (exact) mass is 403 g/mol. The number of nitrogens with one attached hydrogen (secondary N) is 1. The van der Waals surface area contributed by atoms with Gasteiger partial charge in [-0.05, 0) is 73.8 Å². The van der Waals surface area contributed by atoms with Crippen molar-refractivity contribution in [1.29, 1.82) is 0 Å². The first-order chi connectivity index (χ1) is 14.7. The molecule has 0 bridgehead atoms. The molecule has 0 spiro atoms. The number of ether oxygens (including phenoxy) is 1. The standard InChI is InChI=1S/C25H29N3O2/c1-17-24(29-2)15-30-28(21-12-13-22-23(14-21)27-16-26-22)25(17)20-10-8-19(9-11-20)18-6-4-3-5-7-18/h3-7,12-14,16,19-20,25H,8-11,15H2,1-2H3,(H,26,27). The average Bonchev–Trinajstić information content (AvgIpc) is 3.27. The topological polar surface area (TPSA) is 50.4 Å². The number of hydroxylamine groups is 1. The van der Waals surface area contributed by atoms with E-state index in [0.717, 1.165) is 22.5 Å². The fourth-order valence-corrected chi connectivity index (χ4v) is 5.22. The Hall–Kier alpha value is -2.79. The van der Waals surface area contributed by atoms with Crippen molar-refractivity contribution >= 4 is 16.7 Å². The van der Waals surface area contributed by atoms with E-state index in [1.807, 2.05) is 0 Å². The molecule has 1 saturated carbocycles. The third kappa shape index (κ3) is 3.47. The van der Waals surface area contributed by atoms with Gasteiger partial charge in [-0.3, -0.25) is 4.84 Å². The highest BCUT2D eigenvalue weighted by molar-refractivity contribution is 5.79. The predicted octanol–water partition coefficient (Wildman–Crippen LogP) is 5.58. The van der Waals surface area contributed by atoms with Crippen LogP contribution in [0.3, 0.4) is 0 Å². The molecule has 1 atom stereocenters. The van der Waals surface area contributed by atoms with Gasteiger partial charge in [-0.15, -0.1) is 0 Å². The molecule has 1 aromatic heterocycles. The lowest BCUT2D eigenvalue weighted by Crippen LogP contribution is -2.47. The maximum atomic E-state index is 6.26. The van der Waals surface area contributed by atoms with E-state index < -0.39 is 0 Å². The Bertz CT molecular complexity index is 1030. The van der Waals surface area contributed by atoms with E-state index in [0.29, 0.717) is 18.4 Å². The molecule has 0 saturated heterocycles. The van der Waals surface area contributed by atoms with Gasteiger partial charge in [0.2, 0.25) is 0 Å². The second kappa shape index (κ2) is 8.15. The second-order valence-electron chi connectivity index (χ2n) is 8.48. The van der Waals surface area contributed by atoms with E-state index in [1.165, 1.54) is 36.8 Å². The van der Waals surface area contributed by atoms with Gasteiger partial charge in [0.15, 0.2) is 0 Å². The van der Waals surface area contributed by atoms with Crippen molar-refractivity contribution in [2.24, 2.45) is 5.92 Å². The fourth-order valence-electron chi connectivity index (χ4n) is 5.22. The molecule has 1 unspecified atom stereocenters. The normalized spacial score (nSPS) is 25.0. The van der Waals surface area contributed by atoms with Crippen molar-refractivity contribution < 1.29 is 9.57 Å². The minimum Gasteiger partial charge on any atom is -0.499 e. The SMILES string of the molecule is COC1=C(C)C(C2CCC(c3ccccc3)CC2)N(c2ccc3nc[nH]c3c2)OC1. The van der Waals surface area contributed by atoms with Crippen LogP contribution in [0.25, 0.3) is 11.0 Å². The molecule has 5 heteroatoms. The van der Waals surface area contributed by atoms with Crippen molar-refractivity contribution in [3.8, 4) is 0 Å². The van der Waals surface area contributed by atoms with Gasteiger partial charge in [0.05, 0.1) is 36.2 Å². The summed E-state index contributed by atoms with van der Waals surface area (Å²) in [7, 11) is 1.75. The van der Waals surface area contributed by atoms with Crippen LogP contribution in [0.4, 0.5) is 5.69 Å². The summed E-state index contributed by atoms with van der Waals surface area (Å²) in [6.45, 7) is 2.68. The Labute approximate surface area is 177 Å². The molecule has 5 nitrogen and oxygen atoms in total. The maximum absolute atomic E-state index is 6.26. The zero-order valence-corrected chi connectivity index (χ0v) is 17.7. The summed E-state index contributed by atoms with van der Waals surface area (Å²) < 4.78 is 5.67. The van der Waals surface area contributed by atoms with Crippen LogP contribution in [-0.2, 0) is 9.57 Å². The quantitative estimate of drug-likeness (QED) is 0.618. The Morgan fingerprint density at radius 3 is 2.63 bits per heavy atom. The van der Waals surface area contributed by atoms with Gasteiger partial charge in [0.25, 0.3) is 0 Å². The molecule has 30 heavy (non-hydrogen) atoms. The number of H-pyrrole nitrogens is 1. The molecule has 1 aliphatic heterocycles. The number of nitrogens with zero attached hydrogens (tertiary/aromatic N) is 2. The molecule has 156 valence electrons. The van der Waals surface area contributed by atoms with E-state index in [4.69, 9.17) is 9.57 Å². The van der Waals surface area contributed by atoms with Gasteiger partial charge < -0.3 is 9.72 Å². The highest BCUT2D eigenvalue weighted by Crippen LogP contribution is 2.42. The first-order valence-electron chi connectivity index (χ1n) is 10.9. The van der Waals surface area contributed by atoms with Crippen LogP contribution in [0.1, 0.15) is 44.1 Å². The van der Waals surface area contributed by atoms with Crippen LogP contribution in [0.2, 0.25) is 0 Å². The summed E-state index contributed by atoms with van der Waals surface area (Å²) in [5.74, 6) is 2.16. The Morgan fingerprint density at radius 1 is 1.07 bits per heavy atom. The number of hydrogen-bond donors (Lipinski definition) is 1. The van der Waals surface area contributed by atoms with Crippen LogP contribution in [0.15, 0.2) is 66.2 Å². The van der Waals surface area contributed by atoms with Crippen LogP contribution in [0.5, 0.6) is 0 Å². The van der Waals surface area contributed by atoms with Crippen molar-refractivity contribution in [3.63, 3.8) is 0 Å². The molecule has 1 N–H and O–H groups in total. The predicted molar refractivity (Wildman–Crippen MR) is 119 cm³/mol. The van der Waals surface area contributed by atoms with Crippen molar-refractivity contribution in [2.45, 2.75) is 44.6 Å². The van der Waals surface area contributed by atoms with Crippen molar-refractivity contribution in [2.75, 3.05) is 18.8 Å². The van der Waals surface area contributed by atoms with Crippen LogP contribution >= 0.6 is 0 Å². The fraction of sp³-hybridized carbons (Fsp3) is 0.400. The molecule has 5 rings (SSSR count). The molecule has 3 aromatic rings. The van der Waals surface area contributed by atoms with Gasteiger partial charge >= 0.3 is 0 Å². The van der Waals surface area contributed by atoms with Crippen LogP contribution in [-0.4, -0.2) is 29.7 Å². The number of imidazole rings is 1. The highest BCUT2D eigenvalue weighted by Gasteiger charge is 2.38. The van der Waals surface area contributed by atoms with Crippen molar-refractivity contribution in [1.82, 2.24) is 9.97 Å². The largest absolute Gasteiger partial charge is 0.499 e. The number of benzene rings is 2. The van der Waals surface area contributed by atoms with Gasteiger partial charge in [-0.2, -0.15) is 0 Å². The molecule has 2 aromatic carbocycles. The minimum absolute atomic E-state index is 0.186. The lowest BCUT2D eigenvalue weighted by atomic mass is 9.74. The molecule has 2 aliphatic rings. The van der Waals surface area contributed by atoms with Crippen LogP contribution in [0, 0.1) is 5.92 Å². The zero-order valence-electron chi connectivity index (χ0n) is 17.7. The number of fused-ring (bicyclic) bond motifs is 1. The molecule has 0 amide bonds. The lowest BCUT2D eigenvalue weighted by molar-refractivity contribution is 0.0420. The Kier molecular flexibility index (Phi) is 5.21. The minimum atomic E-state index is 0.186. The average molecular weight is 404 g/mol. The highest BCUT2D eigenvalue weighted by atomic mass is 16.7. The number of methoxy groups -OCH3 is 1. The lowest BCUT2D eigenvalue weighted by Gasteiger charge is -2.44. The number of aromatic nitrogens is 2. The summed E-state index contributed by atoms with van der Waals surface area (Å²) >= 11 is 0. The maximum Gasteiger partial charge on any atom is 0.132 e. The number of rotatable bonds is 4. The molecule has 0 radical (unpaired) electrons. The van der Waals surface area contributed by atoms with Gasteiger partial charge in [-0.1, -0.05) is 30.3 Å². The van der Waals surface area contributed by atoms with E-state index in [-0.39, 0.29) is 6.04 Å². The van der Waals surface area contributed by atoms with Gasteiger partial charge in [0, 0.05) is 0 Å². The summed E-state index contributed by atoms with van der Waals surface area (Å²) in [4.78, 5) is 13.8. The van der Waals surface area contributed by atoms with Gasteiger partial charge in [0.1, 0.15) is 12.4 Å². The number of anilines is 1. The Morgan fingerprint density at radius 2 is 1.87 bits per heavy atom. The number of aromatic amines is 1. The van der Waals surface area contributed by atoms with E-state index >= 15 is 0 Å². The molecular formula is C25H29N3O2. The van der Waals surface area contributed by atoms with E-state index in [2.05, 4.69) is 70.5 Å². The zero-order chi connectivity index (χ0) is 20.5. The third-order valence-corrected chi connectivity index (χ3v) is 6.86. The molecule has 1 fully saturated rings. The third-order valence-electron chi connectivity index (χ3n) is 6.86. The smallest absolute Gasteiger partial charge is 0.132 e. The Balaban J connectivity index is 1.42. The van der Waals surface area contributed by atoms with Gasteiger partial charge in [-0.25, -0.2) is 10.0 Å². The first-order valence-corrected chi connectivity index (χ1v) is 10.9. The summed E-state index contributed by atoms with van der Waals surface area (Å²) in [5, 5.41) is 2.12. The second-order valence-corrected chi connectivity index (χ2v) is 8.48. The molecule has 2 heterocycles. The summed E-state index contributed by atoms with van der Waals surface area (Å²) in [5.41, 5.74) is 5.83. The van der Waals surface area contributed by atoms with Crippen molar-refractivity contribution in [3.05, 3.63) is 71.8 Å². The van der Waals surface area contributed by atoms with E-state index in [9.17, 15) is 0 Å². The van der Waals surface area contributed by atoms with Crippen LogP contribution < -0.4 is 5.06 Å². The van der Waals surface area contributed by atoms with E-state index in [1.54, 1.807) is 13.4 Å². The first kappa shape index (κ1) is 19.2. The molecular weight excluding hydrogens is 374 g/mol. The summed E-state index contributed by atoms with van der Waals surface area (Å²) in [6.07, 6.45) is 6.54. The molecule has 1 aliphatic carbocycles. The summed E-state index contributed by atoms with van der Waals surface area (Å²) in [6, 6.07) is 17.4. The number of hydrogen-bond acceptors (Lipinski definition) is 4.